The van der Waals surface area contributed by atoms with Gasteiger partial charge in [0.2, 0.25) is 0 Å². The van der Waals surface area contributed by atoms with Crippen molar-refractivity contribution in [2.24, 2.45) is 5.92 Å². The van der Waals surface area contributed by atoms with Gasteiger partial charge in [-0.3, -0.25) is 14.6 Å². The number of pyridine rings is 1. The Morgan fingerprint density at radius 3 is 2.38 bits per heavy atom. The Balaban J connectivity index is 1.75. The zero-order valence-corrected chi connectivity index (χ0v) is 24.0. The summed E-state index contributed by atoms with van der Waals surface area (Å²) in [5.74, 6) is -0.206. The summed E-state index contributed by atoms with van der Waals surface area (Å²) < 4.78 is 14.6. The molecule has 7 nitrogen and oxygen atoms in total. The van der Waals surface area contributed by atoms with Gasteiger partial charge in [-0.2, -0.15) is 0 Å². The van der Waals surface area contributed by atoms with Gasteiger partial charge in [0.25, 0.3) is 11.8 Å². The number of aromatic nitrogens is 1. The van der Waals surface area contributed by atoms with Crippen LogP contribution in [-0.4, -0.2) is 73.4 Å². The van der Waals surface area contributed by atoms with E-state index in [1.165, 1.54) is 12.1 Å². The molecule has 40 heavy (non-hydrogen) atoms. The molecule has 0 bridgehead atoms. The first-order chi connectivity index (χ1) is 19.2. The first-order valence-corrected chi connectivity index (χ1v) is 14.0. The molecule has 0 spiro atoms. The van der Waals surface area contributed by atoms with Crippen molar-refractivity contribution in [2.75, 3.05) is 56.6 Å². The second kappa shape index (κ2) is 13.5. The Morgan fingerprint density at radius 1 is 0.925 bits per heavy atom. The van der Waals surface area contributed by atoms with Gasteiger partial charge in [-0.05, 0) is 85.9 Å². The summed E-state index contributed by atoms with van der Waals surface area (Å²) in [6.07, 6.45) is 4.76. The maximum Gasteiger partial charge on any atom is 0.259 e. The third-order valence-electron chi connectivity index (χ3n) is 7.13. The van der Waals surface area contributed by atoms with E-state index in [1.54, 1.807) is 40.4 Å². The van der Waals surface area contributed by atoms with E-state index in [-0.39, 0.29) is 18.4 Å². The minimum Gasteiger partial charge on any atom is -0.378 e. The zero-order chi connectivity index (χ0) is 28.6. The van der Waals surface area contributed by atoms with E-state index < -0.39 is 5.82 Å². The van der Waals surface area contributed by atoms with Crippen LogP contribution >= 0.6 is 0 Å². The molecular weight excluding hydrogens is 505 g/mol. The van der Waals surface area contributed by atoms with E-state index in [1.807, 2.05) is 43.3 Å². The first-order valence-electron chi connectivity index (χ1n) is 14.0. The lowest BCUT2D eigenvalue weighted by molar-refractivity contribution is 0.0733. The Labute approximate surface area is 237 Å². The van der Waals surface area contributed by atoms with E-state index in [9.17, 15) is 14.0 Å². The Morgan fingerprint density at radius 2 is 1.68 bits per heavy atom. The van der Waals surface area contributed by atoms with Crippen LogP contribution in [0.4, 0.5) is 15.8 Å². The maximum absolute atomic E-state index is 14.6. The largest absolute Gasteiger partial charge is 0.378 e. The van der Waals surface area contributed by atoms with Crippen molar-refractivity contribution in [1.82, 2.24) is 14.8 Å². The molecule has 0 unspecified atom stereocenters. The molecule has 1 aliphatic heterocycles. The highest BCUT2D eigenvalue weighted by Crippen LogP contribution is 2.27. The van der Waals surface area contributed by atoms with Gasteiger partial charge in [0.1, 0.15) is 5.82 Å². The molecule has 0 atom stereocenters. The number of hydrogen-bond donors (Lipinski definition) is 0. The molecule has 2 heterocycles. The second-order valence-electron chi connectivity index (χ2n) is 11.0. The molecule has 0 radical (unpaired) electrons. The topological polar surface area (TPSA) is 60.0 Å². The highest BCUT2D eigenvalue weighted by atomic mass is 19.1. The number of rotatable bonds is 5. The predicted molar refractivity (Wildman–Crippen MR) is 158 cm³/mol. The van der Waals surface area contributed by atoms with Gasteiger partial charge in [0.15, 0.2) is 0 Å². The molecule has 0 saturated carbocycles. The summed E-state index contributed by atoms with van der Waals surface area (Å²) in [5.41, 5.74) is 3.21. The lowest BCUT2D eigenvalue weighted by atomic mass is 10.1. The fraction of sp³-hybridized carbons (Fsp3) is 0.406. The third kappa shape index (κ3) is 7.45. The maximum atomic E-state index is 14.6. The predicted octanol–water partition coefficient (Wildman–Crippen LogP) is 5.33. The molecule has 0 fully saturated rings. The highest BCUT2D eigenvalue weighted by Gasteiger charge is 2.25. The van der Waals surface area contributed by atoms with Gasteiger partial charge in [-0.1, -0.05) is 19.9 Å². The van der Waals surface area contributed by atoms with E-state index in [0.29, 0.717) is 41.4 Å². The minimum absolute atomic E-state index is 0.114. The molecule has 1 aromatic heterocycles. The van der Waals surface area contributed by atoms with Crippen molar-refractivity contribution < 1.29 is 14.0 Å². The summed E-state index contributed by atoms with van der Waals surface area (Å²) in [5, 5.41) is 0. The van der Waals surface area contributed by atoms with Crippen LogP contribution in [0.1, 0.15) is 53.0 Å². The number of fused-ring (bicyclic) bond motifs is 1. The van der Waals surface area contributed by atoms with Crippen molar-refractivity contribution in [1.29, 1.82) is 0 Å². The van der Waals surface area contributed by atoms with Crippen molar-refractivity contribution in [2.45, 2.75) is 33.2 Å². The van der Waals surface area contributed by atoms with Crippen molar-refractivity contribution in [3.8, 4) is 0 Å². The van der Waals surface area contributed by atoms with Gasteiger partial charge in [-0.25, -0.2) is 4.39 Å². The Bertz CT molecular complexity index is 1300. The van der Waals surface area contributed by atoms with Crippen LogP contribution in [0, 0.1) is 11.7 Å². The van der Waals surface area contributed by atoms with E-state index in [0.717, 1.165) is 38.2 Å². The van der Waals surface area contributed by atoms with E-state index in [2.05, 4.69) is 23.7 Å². The van der Waals surface area contributed by atoms with E-state index >= 15 is 0 Å². The normalized spacial score (nSPS) is 15.2. The number of nitrogens with zero attached hydrogens (tertiary/aromatic N) is 5. The molecule has 0 aliphatic carbocycles. The van der Waals surface area contributed by atoms with Crippen LogP contribution in [0.2, 0.25) is 0 Å². The molecule has 1 aliphatic rings. The number of halogens is 1. The Kier molecular flexibility index (Phi) is 9.88. The molecule has 4 rings (SSSR count). The first kappa shape index (κ1) is 29.2. The number of hydrogen-bond acceptors (Lipinski definition) is 5. The molecule has 2 amide bonds. The summed E-state index contributed by atoms with van der Waals surface area (Å²) in [6, 6.07) is 15.5. The van der Waals surface area contributed by atoms with Gasteiger partial charge >= 0.3 is 0 Å². The summed E-state index contributed by atoms with van der Waals surface area (Å²) >= 11 is 0. The SMILES string of the molecule is CC(C)CN1CCCN(C(=O)c2cccc(N(C)C)c2)Cc2cc(F)ccc2N(C(=O)c2cccnc2)CCC1. The number of anilines is 2. The highest BCUT2D eigenvalue weighted by molar-refractivity contribution is 6.06. The molecule has 2 aromatic carbocycles. The van der Waals surface area contributed by atoms with Crippen LogP contribution < -0.4 is 9.80 Å². The van der Waals surface area contributed by atoms with Crippen LogP contribution in [0.5, 0.6) is 0 Å². The smallest absolute Gasteiger partial charge is 0.259 e. The Hall–Kier alpha value is -3.78. The van der Waals surface area contributed by atoms with Crippen LogP contribution in [0.3, 0.4) is 0 Å². The van der Waals surface area contributed by atoms with Gasteiger partial charge in [-0.15, -0.1) is 0 Å². The average Bonchev–Trinajstić information content (AvgIpc) is 2.94. The van der Waals surface area contributed by atoms with Crippen LogP contribution in [0.15, 0.2) is 67.0 Å². The summed E-state index contributed by atoms with van der Waals surface area (Å²) in [7, 11) is 3.88. The van der Waals surface area contributed by atoms with Gasteiger partial charge in [0.05, 0.1) is 5.56 Å². The summed E-state index contributed by atoms with van der Waals surface area (Å²) in [6.45, 7) is 8.19. The average molecular weight is 546 g/mol. The number of carbonyl (C=O) groups is 2. The fourth-order valence-corrected chi connectivity index (χ4v) is 5.23. The molecule has 3 aromatic rings. The zero-order valence-electron chi connectivity index (χ0n) is 24.0. The number of benzene rings is 2. The van der Waals surface area contributed by atoms with Crippen molar-refractivity contribution >= 4 is 23.2 Å². The van der Waals surface area contributed by atoms with Crippen molar-refractivity contribution in [3.63, 3.8) is 0 Å². The van der Waals surface area contributed by atoms with Crippen molar-refractivity contribution in [3.05, 3.63) is 89.5 Å². The number of carbonyl (C=O) groups excluding carboxylic acids is 2. The molecule has 8 heteroatoms. The van der Waals surface area contributed by atoms with Crippen LogP contribution in [-0.2, 0) is 6.54 Å². The molecular formula is C32H40FN5O2. The standard InChI is InChI=1S/C32H40FN5O2/c1-24(2)22-36-15-7-17-37(31(39)25-9-5-11-29(20-25)35(3)4)23-27-19-28(33)12-13-30(27)38(18-8-16-36)32(40)26-10-6-14-34-21-26/h5-6,9-14,19-21,24H,7-8,15-18,22-23H2,1-4H3. The third-order valence-corrected chi connectivity index (χ3v) is 7.13. The number of amides is 2. The quantitative estimate of drug-likeness (QED) is 0.434. The lowest BCUT2D eigenvalue weighted by Gasteiger charge is -2.32. The van der Waals surface area contributed by atoms with Crippen LogP contribution in [0.25, 0.3) is 0 Å². The van der Waals surface area contributed by atoms with Gasteiger partial charge in [0, 0.05) is 69.6 Å². The lowest BCUT2D eigenvalue weighted by Crippen LogP contribution is -2.39. The summed E-state index contributed by atoms with van der Waals surface area (Å²) in [4.78, 5) is 39.7. The second-order valence-corrected chi connectivity index (χ2v) is 11.0. The van der Waals surface area contributed by atoms with Gasteiger partial charge < -0.3 is 19.6 Å². The minimum atomic E-state index is -0.398. The molecule has 212 valence electrons. The monoisotopic (exact) mass is 545 g/mol. The fourth-order valence-electron chi connectivity index (χ4n) is 5.23. The van der Waals surface area contributed by atoms with E-state index in [4.69, 9.17) is 0 Å². The molecule has 0 N–H and O–H groups in total. The molecule has 0 saturated heterocycles.